The standard InChI is InChI=1S/C14H19N3O4/c1-10(4-5-13(18)19)6-7-15-9-12-16-17-14(21-12)11-3-2-8-20-11/h2-3,8,10,15H,4-7,9H2,1H3,(H,18,19). The Hall–Kier alpha value is -2.15. The number of nitrogens with zero attached hydrogens (tertiary/aromatic N) is 2. The Labute approximate surface area is 122 Å². The highest BCUT2D eigenvalue weighted by Crippen LogP contribution is 2.17. The van der Waals surface area contributed by atoms with Crippen molar-refractivity contribution < 1.29 is 18.7 Å². The molecule has 0 amide bonds. The summed E-state index contributed by atoms with van der Waals surface area (Å²) in [5.41, 5.74) is 0. The van der Waals surface area contributed by atoms with Crippen molar-refractivity contribution in [2.45, 2.75) is 32.7 Å². The summed E-state index contributed by atoms with van der Waals surface area (Å²) in [6.45, 7) is 3.31. The Morgan fingerprint density at radius 3 is 3.00 bits per heavy atom. The monoisotopic (exact) mass is 293 g/mol. The van der Waals surface area contributed by atoms with Crippen molar-refractivity contribution in [2.24, 2.45) is 5.92 Å². The zero-order chi connectivity index (χ0) is 15.1. The van der Waals surface area contributed by atoms with Gasteiger partial charge in [0, 0.05) is 6.42 Å². The molecule has 0 spiro atoms. The average Bonchev–Trinajstić information content (AvgIpc) is 3.11. The van der Waals surface area contributed by atoms with Gasteiger partial charge in [-0.3, -0.25) is 4.79 Å². The number of carboxylic acids is 1. The first-order valence-electron chi connectivity index (χ1n) is 6.94. The Kier molecular flexibility index (Phi) is 5.51. The lowest BCUT2D eigenvalue weighted by Gasteiger charge is -2.09. The van der Waals surface area contributed by atoms with Crippen LogP contribution in [0.15, 0.2) is 27.2 Å². The second-order valence-electron chi connectivity index (χ2n) is 4.98. The second-order valence-corrected chi connectivity index (χ2v) is 4.98. The first-order valence-corrected chi connectivity index (χ1v) is 6.94. The van der Waals surface area contributed by atoms with Crippen molar-refractivity contribution in [1.29, 1.82) is 0 Å². The SMILES string of the molecule is CC(CCNCc1nnc(-c2ccco2)o1)CCC(=O)O. The maximum Gasteiger partial charge on any atom is 0.303 e. The number of rotatable bonds is 9. The van der Waals surface area contributed by atoms with Gasteiger partial charge in [0.15, 0.2) is 5.76 Å². The van der Waals surface area contributed by atoms with Crippen molar-refractivity contribution in [3.05, 3.63) is 24.3 Å². The zero-order valence-corrected chi connectivity index (χ0v) is 11.9. The summed E-state index contributed by atoms with van der Waals surface area (Å²) in [4.78, 5) is 10.5. The number of carbonyl (C=O) groups is 1. The molecule has 2 heterocycles. The van der Waals surface area contributed by atoms with E-state index in [4.69, 9.17) is 13.9 Å². The minimum Gasteiger partial charge on any atom is -0.481 e. The number of hydrogen-bond acceptors (Lipinski definition) is 6. The molecule has 0 aliphatic rings. The summed E-state index contributed by atoms with van der Waals surface area (Å²) in [5.74, 6) is 1.04. The smallest absolute Gasteiger partial charge is 0.303 e. The van der Waals surface area contributed by atoms with Crippen LogP contribution in [-0.2, 0) is 11.3 Å². The Bertz CT molecular complexity index is 550. The van der Waals surface area contributed by atoms with E-state index in [0.717, 1.165) is 13.0 Å². The molecule has 7 heteroatoms. The van der Waals surface area contributed by atoms with Crippen molar-refractivity contribution >= 4 is 5.97 Å². The molecule has 2 aromatic rings. The van der Waals surface area contributed by atoms with Crippen LogP contribution in [0.1, 0.15) is 32.1 Å². The highest BCUT2D eigenvalue weighted by Gasteiger charge is 2.10. The first kappa shape index (κ1) is 15.2. The normalized spacial score (nSPS) is 12.4. The summed E-state index contributed by atoms with van der Waals surface area (Å²) in [5, 5.41) is 19.7. The van der Waals surface area contributed by atoms with Crippen LogP contribution >= 0.6 is 0 Å². The lowest BCUT2D eigenvalue weighted by Crippen LogP contribution is -2.17. The predicted octanol–water partition coefficient (Wildman–Crippen LogP) is 2.31. The van der Waals surface area contributed by atoms with E-state index in [-0.39, 0.29) is 6.42 Å². The van der Waals surface area contributed by atoms with Gasteiger partial charge in [0.2, 0.25) is 5.89 Å². The third-order valence-corrected chi connectivity index (χ3v) is 3.14. The van der Waals surface area contributed by atoms with Gasteiger partial charge in [0.1, 0.15) is 0 Å². The van der Waals surface area contributed by atoms with Gasteiger partial charge in [-0.15, -0.1) is 10.2 Å². The van der Waals surface area contributed by atoms with E-state index < -0.39 is 5.97 Å². The molecule has 1 atom stereocenters. The summed E-state index contributed by atoms with van der Waals surface area (Å²) in [6, 6.07) is 3.52. The third-order valence-electron chi connectivity index (χ3n) is 3.14. The van der Waals surface area contributed by atoms with Crippen LogP contribution in [0.2, 0.25) is 0 Å². The molecule has 0 saturated heterocycles. The van der Waals surface area contributed by atoms with Gasteiger partial charge in [-0.25, -0.2) is 0 Å². The van der Waals surface area contributed by atoms with Crippen LogP contribution in [0, 0.1) is 5.92 Å². The fraction of sp³-hybridized carbons (Fsp3) is 0.500. The Morgan fingerprint density at radius 1 is 1.43 bits per heavy atom. The lowest BCUT2D eigenvalue weighted by atomic mass is 10.0. The Morgan fingerprint density at radius 2 is 2.29 bits per heavy atom. The van der Waals surface area contributed by atoms with Crippen LogP contribution in [0.25, 0.3) is 11.7 Å². The van der Waals surface area contributed by atoms with E-state index in [9.17, 15) is 4.79 Å². The molecular weight excluding hydrogens is 274 g/mol. The number of carboxylic acid groups (broad SMARTS) is 1. The van der Waals surface area contributed by atoms with Crippen molar-refractivity contribution in [3.63, 3.8) is 0 Å². The molecule has 0 aliphatic carbocycles. The highest BCUT2D eigenvalue weighted by molar-refractivity contribution is 5.66. The van der Waals surface area contributed by atoms with E-state index in [2.05, 4.69) is 15.5 Å². The largest absolute Gasteiger partial charge is 0.481 e. The fourth-order valence-electron chi connectivity index (χ4n) is 1.88. The van der Waals surface area contributed by atoms with Gasteiger partial charge in [-0.05, 0) is 37.4 Å². The molecule has 2 aromatic heterocycles. The molecule has 1 unspecified atom stereocenters. The average molecular weight is 293 g/mol. The summed E-state index contributed by atoms with van der Waals surface area (Å²) < 4.78 is 10.6. The fourth-order valence-corrected chi connectivity index (χ4v) is 1.88. The quantitative estimate of drug-likeness (QED) is 0.684. The number of furan rings is 1. The molecule has 0 aliphatic heterocycles. The molecule has 2 rings (SSSR count). The highest BCUT2D eigenvalue weighted by atomic mass is 16.4. The van der Waals surface area contributed by atoms with Crippen LogP contribution < -0.4 is 5.32 Å². The molecule has 0 aromatic carbocycles. The molecular formula is C14H19N3O4. The number of aromatic nitrogens is 2. The molecule has 0 bridgehead atoms. The predicted molar refractivity (Wildman–Crippen MR) is 74.4 cm³/mol. The minimum atomic E-state index is -0.744. The van der Waals surface area contributed by atoms with E-state index >= 15 is 0 Å². The molecule has 0 fully saturated rings. The molecule has 21 heavy (non-hydrogen) atoms. The number of nitrogens with one attached hydrogen (secondary N) is 1. The topological polar surface area (TPSA) is 101 Å². The van der Waals surface area contributed by atoms with Crippen molar-refractivity contribution in [3.8, 4) is 11.7 Å². The van der Waals surface area contributed by atoms with E-state index in [1.807, 2.05) is 6.92 Å². The molecule has 7 nitrogen and oxygen atoms in total. The Balaban J connectivity index is 1.66. The van der Waals surface area contributed by atoms with E-state index in [1.165, 1.54) is 0 Å². The van der Waals surface area contributed by atoms with Gasteiger partial charge < -0.3 is 19.3 Å². The molecule has 2 N–H and O–H groups in total. The maximum atomic E-state index is 10.5. The lowest BCUT2D eigenvalue weighted by molar-refractivity contribution is -0.137. The third kappa shape index (κ3) is 5.03. The molecule has 0 saturated carbocycles. The zero-order valence-electron chi connectivity index (χ0n) is 11.9. The first-order chi connectivity index (χ1) is 10.1. The van der Waals surface area contributed by atoms with Gasteiger partial charge in [0.25, 0.3) is 5.89 Å². The van der Waals surface area contributed by atoms with Crippen LogP contribution in [-0.4, -0.2) is 27.8 Å². The van der Waals surface area contributed by atoms with Gasteiger partial charge in [-0.2, -0.15) is 0 Å². The molecule has 0 radical (unpaired) electrons. The number of aliphatic carboxylic acids is 1. The van der Waals surface area contributed by atoms with Gasteiger partial charge >= 0.3 is 5.97 Å². The second kappa shape index (κ2) is 7.58. The van der Waals surface area contributed by atoms with Gasteiger partial charge in [-0.1, -0.05) is 6.92 Å². The summed E-state index contributed by atoms with van der Waals surface area (Å²) >= 11 is 0. The van der Waals surface area contributed by atoms with Gasteiger partial charge in [0.05, 0.1) is 12.8 Å². The van der Waals surface area contributed by atoms with Crippen molar-refractivity contribution in [1.82, 2.24) is 15.5 Å². The molecule has 114 valence electrons. The number of hydrogen-bond donors (Lipinski definition) is 2. The van der Waals surface area contributed by atoms with E-state index in [0.29, 0.717) is 36.4 Å². The maximum absolute atomic E-state index is 10.5. The minimum absolute atomic E-state index is 0.220. The van der Waals surface area contributed by atoms with Crippen molar-refractivity contribution in [2.75, 3.05) is 6.54 Å². The summed E-state index contributed by atoms with van der Waals surface area (Å²) in [6.07, 6.45) is 3.37. The van der Waals surface area contributed by atoms with E-state index in [1.54, 1.807) is 18.4 Å². The van der Waals surface area contributed by atoms with Crippen LogP contribution in [0.5, 0.6) is 0 Å². The summed E-state index contributed by atoms with van der Waals surface area (Å²) in [7, 11) is 0. The van der Waals surface area contributed by atoms with Crippen LogP contribution in [0.3, 0.4) is 0 Å². The van der Waals surface area contributed by atoms with Crippen LogP contribution in [0.4, 0.5) is 0 Å².